The van der Waals surface area contributed by atoms with E-state index in [1.165, 1.54) is 0 Å². The van der Waals surface area contributed by atoms with Crippen molar-refractivity contribution in [2.45, 2.75) is 0 Å². The molecule has 0 aliphatic rings. The Labute approximate surface area is 105 Å². The highest BCUT2D eigenvalue weighted by molar-refractivity contribution is 6.34. The number of nitrogens with one attached hydrogen (secondary N) is 2. The molecule has 0 aliphatic carbocycles. The molecule has 4 N–H and O–H groups in total. The van der Waals surface area contributed by atoms with Gasteiger partial charge in [-0.3, -0.25) is 9.59 Å². The molecule has 0 spiro atoms. The Morgan fingerprint density at radius 3 is 2.56 bits per heavy atom. The van der Waals surface area contributed by atoms with E-state index in [-0.39, 0.29) is 6.54 Å². The highest BCUT2D eigenvalue weighted by Crippen LogP contribution is 2.08. The molecule has 0 unspecified atom stereocenters. The van der Waals surface area contributed by atoms with Gasteiger partial charge in [0.2, 0.25) is 0 Å². The topological polar surface area (TPSA) is 84.2 Å². The number of hydrogen-bond donors (Lipinski definition) is 3. The van der Waals surface area contributed by atoms with Crippen LogP contribution in [0.25, 0.3) is 0 Å². The average Bonchev–Trinajstić information content (AvgIpc) is 2.35. The van der Waals surface area contributed by atoms with E-state index in [0.717, 1.165) is 5.69 Å². The van der Waals surface area contributed by atoms with E-state index in [2.05, 4.69) is 17.2 Å². The molecule has 1 aromatic rings. The minimum absolute atomic E-state index is 0.220. The molecule has 0 saturated carbocycles. The fourth-order valence-electron chi connectivity index (χ4n) is 1.19. The van der Waals surface area contributed by atoms with Crippen molar-refractivity contribution < 1.29 is 9.59 Å². The Morgan fingerprint density at radius 1 is 1.28 bits per heavy atom. The second-order valence-electron chi connectivity index (χ2n) is 3.49. The Hall–Kier alpha value is -2.56. The number of para-hydroxylation sites is 1. The Balaban J connectivity index is 2.32. The number of carbonyl (C=O) groups is 2. The zero-order chi connectivity index (χ0) is 13.4. The summed E-state index contributed by atoms with van der Waals surface area (Å²) in [6, 6.07) is 9.56. The molecule has 0 radical (unpaired) electrons. The maximum Gasteiger partial charge on any atom is 0.309 e. The van der Waals surface area contributed by atoms with Crippen molar-refractivity contribution in [1.82, 2.24) is 5.32 Å². The number of nitrogens with two attached hydrogens (primary N) is 1. The fraction of sp³-hybridized carbons (Fsp3) is 0.0769. The highest BCUT2D eigenvalue weighted by atomic mass is 16.2. The molecule has 0 saturated heterocycles. The van der Waals surface area contributed by atoms with Crippen LogP contribution in [0.5, 0.6) is 0 Å². The molecule has 5 nitrogen and oxygen atoms in total. The van der Waals surface area contributed by atoms with Gasteiger partial charge in [0, 0.05) is 17.9 Å². The first-order valence-electron chi connectivity index (χ1n) is 5.34. The normalized spacial score (nSPS) is 10.0. The standard InChI is InChI=1S/C13H15N3O2/c1-10(16-11-7-3-2-4-8-11)6-5-9-15-13(18)12(14)17/h2-8,16H,1,9H2,(H2,14,17)(H,15,18)/b6-5+. The second kappa shape index (κ2) is 6.90. The van der Waals surface area contributed by atoms with Crippen LogP contribution < -0.4 is 16.4 Å². The van der Waals surface area contributed by atoms with Crippen LogP contribution in [0.15, 0.2) is 54.8 Å². The summed E-state index contributed by atoms with van der Waals surface area (Å²) in [6.45, 7) is 4.02. The van der Waals surface area contributed by atoms with Crippen LogP contribution in [0.2, 0.25) is 0 Å². The van der Waals surface area contributed by atoms with Gasteiger partial charge in [-0.25, -0.2) is 0 Å². The van der Waals surface area contributed by atoms with Gasteiger partial charge in [-0.1, -0.05) is 30.9 Å². The molecule has 0 heterocycles. The van der Waals surface area contributed by atoms with E-state index in [1.807, 2.05) is 30.3 Å². The number of hydrogen-bond acceptors (Lipinski definition) is 3. The van der Waals surface area contributed by atoms with Crippen molar-refractivity contribution in [3.63, 3.8) is 0 Å². The molecule has 0 aliphatic heterocycles. The fourth-order valence-corrected chi connectivity index (χ4v) is 1.19. The third-order valence-corrected chi connectivity index (χ3v) is 2.00. The number of allylic oxidation sites excluding steroid dienone is 1. The largest absolute Gasteiger partial charge is 0.361 e. The summed E-state index contributed by atoms with van der Waals surface area (Å²) in [5, 5.41) is 5.40. The number of carbonyl (C=O) groups excluding carboxylic acids is 2. The molecule has 0 atom stereocenters. The van der Waals surface area contributed by atoms with Crippen LogP contribution in [-0.4, -0.2) is 18.4 Å². The summed E-state index contributed by atoms with van der Waals surface area (Å²) in [5.41, 5.74) is 6.38. The third-order valence-electron chi connectivity index (χ3n) is 2.00. The number of rotatable bonds is 5. The average molecular weight is 245 g/mol. The quantitative estimate of drug-likeness (QED) is 0.529. The first-order valence-corrected chi connectivity index (χ1v) is 5.34. The molecule has 94 valence electrons. The molecule has 0 fully saturated rings. The van der Waals surface area contributed by atoms with Crippen molar-refractivity contribution in [3.05, 3.63) is 54.8 Å². The van der Waals surface area contributed by atoms with E-state index < -0.39 is 11.8 Å². The zero-order valence-electron chi connectivity index (χ0n) is 9.85. The predicted molar refractivity (Wildman–Crippen MR) is 70.5 cm³/mol. The molecule has 2 amide bonds. The SMILES string of the molecule is C=C(/C=C/CNC(=O)C(N)=O)Nc1ccccc1. The molecule has 1 aromatic carbocycles. The minimum Gasteiger partial charge on any atom is -0.361 e. The molecule has 0 aromatic heterocycles. The van der Waals surface area contributed by atoms with Gasteiger partial charge in [-0.2, -0.15) is 0 Å². The van der Waals surface area contributed by atoms with Crippen molar-refractivity contribution >= 4 is 17.5 Å². The number of amides is 2. The molecular formula is C13H15N3O2. The van der Waals surface area contributed by atoms with E-state index in [4.69, 9.17) is 5.73 Å². The Bertz CT molecular complexity index is 466. The summed E-state index contributed by atoms with van der Waals surface area (Å²) in [4.78, 5) is 21.2. The zero-order valence-corrected chi connectivity index (χ0v) is 9.85. The lowest BCUT2D eigenvalue weighted by Crippen LogP contribution is -2.35. The van der Waals surface area contributed by atoms with Gasteiger partial charge in [0.1, 0.15) is 0 Å². The maximum atomic E-state index is 10.8. The molecule has 5 heteroatoms. The van der Waals surface area contributed by atoms with Crippen LogP contribution in [-0.2, 0) is 9.59 Å². The minimum atomic E-state index is -0.996. The van der Waals surface area contributed by atoms with Crippen LogP contribution in [0.1, 0.15) is 0 Å². The van der Waals surface area contributed by atoms with Gasteiger partial charge < -0.3 is 16.4 Å². The summed E-state index contributed by atoms with van der Waals surface area (Å²) < 4.78 is 0. The monoisotopic (exact) mass is 245 g/mol. The van der Waals surface area contributed by atoms with Crippen molar-refractivity contribution in [2.24, 2.45) is 5.73 Å². The van der Waals surface area contributed by atoms with Crippen molar-refractivity contribution in [3.8, 4) is 0 Å². The van der Waals surface area contributed by atoms with Crippen LogP contribution >= 0.6 is 0 Å². The van der Waals surface area contributed by atoms with Gasteiger partial charge in [-0.05, 0) is 18.2 Å². The van der Waals surface area contributed by atoms with E-state index in [0.29, 0.717) is 5.70 Å². The number of primary amides is 1. The van der Waals surface area contributed by atoms with Crippen LogP contribution in [0, 0.1) is 0 Å². The van der Waals surface area contributed by atoms with Gasteiger partial charge in [0.05, 0.1) is 0 Å². The summed E-state index contributed by atoms with van der Waals surface area (Å²) >= 11 is 0. The smallest absolute Gasteiger partial charge is 0.309 e. The van der Waals surface area contributed by atoms with E-state index in [9.17, 15) is 9.59 Å². The Morgan fingerprint density at radius 2 is 1.94 bits per heavy atom. The molecule has 18 heavy (non-hydrogen) atoms. The molecule has 1 rings (SSSR count). The van der Waals surface area contributed by atoms with Crippen molar-refractivity contribution in [2.75, 3.05) is 11.9 Å². The van der Waals surface area contributed by atoms with Crippen molar-refractivity contribution in [1.29, 1.82) is 0 Å². The summed E-state index contributed by atoms with van der Waals surface area (Å²) in [5.74, 6) is -1.80. The van der Waals surface area contributed by atoms with Gasteiger partial charge in [-0.15, -0.1) is 0 Å². The summed E-state index contributed by atoms with van der Waals surface area (Å²) in [7, 11) is 0. The van der Waals surface area contributed by atoms with E-state index in [1.54, 1.807) is 12.2 Å². The third kappa shape index (κ3) is 4.98. The lowest BCUT2D eigenvalue weighted by molar-refractivity contribution is -0.137. The molecule has 0 bridgehead atoms. The molecular weight excluding hydrogens is 230 g/mol. The summed E-state index contributed by atoms with van der Waals surface area (Å²) in [6.07, 6.45) is 3.37. The van der Waals surface area contributed by atoms with Gasteiger partial charge >= 0.3 is 11.8 Å². The maximum absolute atomic E-state index is 10.8. The van der Waals surface area contributed by atoms with E-state index >= 15 is 0 Å². The van der Waals surface area contributed by atoms with Crippen LogP contribution in [0.3, 0.4) is 0 Å². The second-order valence-corrected chi connectivity index (χ2v) is 3.49. The number of anilines is 1. The lowest BCUT2D eigenvalue weighted by Gasteiger charge is -2.05. The predicted octanol–water partition coefficient (Wildman–Crippen LogP) is 0.770. The first-order chi connectivity index (χ1) is 8.59. The first kappa shape index (κ1) is 13.5. The van der Waals surface area contributed by atoms with Gasteiger partial charge in [0.15, 0.2) is 0 Å². The number of benzene rings is 1. The lowest BCUT2D eigenvalue weighted by atomic mass is 10.3. The van der Waals surface area contributed by atoms with Crippen LogP contribution in [0.4, 0.5) is 5.69 Å². The van der Waals surface area contributed by atoms with Gasteiger partial charge in [0.25, 0.3) is 0 Å². The Kier molecular flexibility index (Phi) is 5.18. The highest BCUT2D eigenvalue weighted by Gasteiger charge is 2.04.